The Hall–Kier alpha value is -2.15. The molecule has 3 atom stereocenters. The van der Waals surface area contributed by atoms with Crippen LogP contribution in [-0.2, 0) is 10.2 Å². The van der Waals surface area contributed by atoms with Gasteiger partial charge in [-0.2, -0.15) is 4.98 Å². The molecule has 0 unspecified atom stereocenters. The zero-order valence-corrected chi connectivity index (χ0v) is 16.9. The number of nitrogens with one attached hydrogen (secondary N) is 1. The van der Waals surface area contributed by atoms with E-state index in [1.807, 2.05) is 58.6 Å². The molecule has 1 N–H and O–H groups in total. The third-order valence-electron chi connectivity index (χ3n) is 4.57. The van der Waals surface area contributed by atoms with Crippen molar-refractivity contribution in [2.45, 2.75) is 65.2 Å². The van der Waals surface area contributed by atoms with E-state index in [-0.39, 0.29) is 29.5 Å². The standard InChI is InChI=1S/C20H29FN4O2/c1-12-10-25(11-13(2)26-12)17-8-7-15(9-16(17)21)22-14(3)18-23-19(24-27-18)20(4,5)6/h7-9,12-14,22H,10-11H2,1-6H3/t12-,13-,14+/m1/s1. The number of rotatable bonds is 4. The van der Waals surface area contributed by atoms with E-state index in [0.29, 0.717) is 36.2 Å². The zero-order chi connectivity index (χ0) is 19.8. The fourth-order valence-electron chi connectivity index (χ4n) is 3.26. The molecular weight excluding hydrogens is 347 g/mol. The van der Waals surface area contributed by atoms with Crippen molar-refractivity contribution in [3.8, 4) is 0 Å². The lowest BCUT2D eigenvalue weighted by Gasteiger charge is -2.37. The first-order chi connectivity index (χ1) is 12.6. The summed E-state index contributed by atoms with van der Waals surface area (Å²) in [7, 11) is 0. The zero-order valence-electron chi connectivity index (χ0n) is 16.9. The van der Waals surface area contributed by atoms with Crippen molar-refractivity contribution in [3.63, 3.8) is 0 Å². The molecule has 0 spiro atoms. The fourth-order valence-corrected chi connectivity index (χ4v) is 3.26. The summed E-state index contributed by atoms with van der Waals surface area (Å²) in [5.74, 6) is 0.887. The van der Waals surface area contributed by atoms with E-state index in [1.165, 1.54) is 6.07 Å². The van der Waals surface area contributed by atoms with E-state index in [0.717, 1.165) is 0 Å². The Morgan fingerprint density at radius 2 is 1.89 bits per heavy atom. The van der Waals surface area contributed by atoms with Gasteiger partial charge in [0.1, 0.15) is 11.9 Å². The van der Waals surface area contributed by atoms with Crippen molar-refractivity contribution in [3.05, 3.63) is 35.7 Å². The summed E-state index contributed by atoms with van der Waals surface area (Å²) in [5.41, 5.74) is 1.10. The van der Waals surface area contributed by atoms with Gasteiger partial charge in [-0.25, -0.2) is 4.39 Å². The number of anilines is 2. The number of morpholine rings is 1. The minimum absolute atomic E-state index is 0.0838. The second-order valence-corrected chi connectivity index (χ2v) is 8.40. The average molecular weight is 376 g/mol. The van der Waals surface area contributed by atoms with Crippen LogP contribution in [0.25, 0.3) is 0 Å². The number of aromatic nitrogens is 2. The molecule has 0 amide bonds. The van der Waals surface area contributed by atoms with Gasteiger partial charge in [0.2, 0.25) is 5.89 Å². The van der Waals surface area contributed by atoms with Crippen LogP contribution >= 0.6 is 0 Å². The van der Waals surface area contributed by atoms with Crippen LogP contribution in [-0.4, -0.2) is 35.4 Å². The van der Waals surface area contributed by atoms with Crippen LogP contribution in [0.4, 0.5) is 15.8 Å². The molecule has 1 aromatic carbocycles. The SMILES string of the molecule is C[C@@H]1CN(c2ccc(N[C@@H](C)c3nc(C(C)(C)C)no3)cc2F)C[C@@H](C)O1. The van der Waals surface area contributed by atoms with Crippen molar-refractivity contribution in [2.75, 3.05) is 23.3 Å². The molecule has 0 bridgehead atoms. The highest BCUT2D eigenvalue weighted by Gasteiger charge is 2.25. The minimum atomic E-state index is -0.255. The second-order valence-electron chi connectivity index (χ2n) is 8.40. The lowest BCUT2D eigenvalue weighted by Crippen LogP contribution is -2.45. The Balaban J connectivity index is 1.71. The fraction of sp³-hybridized carbons (Fsp3) is 0.600. The number of ether oxygens (including phenoxy) is 1. The van der Waals surface area contributed by atoms with Gasteiger partial charge in [-0.3, -0.25) is 0 Å². The topological polar surface area (TPSA) is 63.4 Å². The van der Waals surface area contributed by atoms with Crippen molar-refractivity contribution in [2.24, 2.45) is 0 Å². The molecule has 1 aliphatic heterocycles. The molecule has 2 heterocycles. The maximum atomic E-state index is 14.7. The highest BCUT2D eigenvalue weighted by Crippen LogP contribution is 2.28. The van der Waals surface area contributed by atoms with Gasteiger partial charge < -0.3 is 19.5 Å². The van der Waals surface area contributed by atoms with Crippen molar-refractivity contribution < 1.29 is 13.7 Å². The molecular formula is C20H29FN4O2. The van der Waals surface area contributed by atoms with Crippen LogP contribution in [0.5, 0.6) is 0 Å². The summed E-state index contributed by atoms with van der Waals surface area (Å²) < 4.78 is 25.8. The lowest BCUT2D eigenvalue weighted by molar-refractivity contribution is -0.00539. The van der Waals surface area contributed by atoms with Crippen LogP contribution < -0.4 is 10.2 Å². The Labute approximate surface area is 160 Å². The minimum Gasteiger partial charge on any atom is -0.374 e. The lowest BCUT2D eigenvalue weighted by atomic mass is 9.96. The molecule has 148 valence electrons. The normalized spacial score (nSPS) is 22.0. The Morgan fingerprint density at radius 3 is 2.44 bits per heavy atom. The maximum absolute atomic E-state index is 14.7. The quantitative estimate of drug-likeness (QED) is 0.859. The van der Waals surface area contributed by atoms with Crippen LogP contribution in [0.1, 0.15) is 59.3 Å². The van der Waals surface area contributed by atoms with Gasteiger partial charge in [0.15, 0.2) is 5.82 Å². The monoisotopic (exact) mass is 376 g/mol. The maximum Gasteiger partial charge on any atom is 0.248 e. The Kier molecular flexibility index (Phi) is 5.42. The highest BCUT2D eigenvalue weighted by atomic mass is 19.1. The summed E-state index contributed by atoms with van der Waals surface area (Å²) in [6.45, 7) is 13.4. The predicted molar refractivity (Wildman–Crippen MR) is 104 cm³/mol. The molecule has 1 aromatic heterocycles. The van der Waals surface area contributed by atoms with E-state index in [2.05, 4.69) is 15.5 Å². The van der Waals surface area contributed by atoms with Crippen LogP contribution in [0, 0.1) is 5.82 Å². The third-order valence-corrected chi connectivity index (χ3v) is 4.57. The predicted octanol–water partition coefficient (Wildman–Crippen LogP) is 4.29. The number of hydrogen-bond donors (Lipinski definition) is 1. The van der Waals surface area contributed by atoms with Gasteiger partial charge in [0.25, 0.3) is 0 Å². The number of hydrogen-bond acceptors (Lipinski definition) is 6. The van der Waals surface area contributed by atoms with E-state index in [9.17, 15) is 4.39 Å². The van der Waals surface area contributed by atoms with Crippen LogP contribution in [0.15, 0.2) is 22.7 Å². The smallest absolute Gasteiger partial charge is 0.248 e. The number of halogens is 1. The average Bonchev–Trinajstić information content (AvgIpc) is 3.04. The summed E-state index contributed by atoms with van der Waals surface area (Å²) in [5, 5.41) is 7.27. The van der Waals surface area contributed by atoms with Gasteiger partial charge in [-0.15, -0.1) is 0 Å². The molecule has 0 radical (unpaired) electrons. The van der Waals surface area contributed by atoms with Crippen molar-refractivity contribution in [1.29, 1.82) is 0 Å². The van der Waals surface area contributed by atoms with Gasteiger partial charge >= 0.3 is 0 Å². The molecule has 1 fully saturated rings. The van der Waals surface area contributed by atoms with Crippen molar-refractivity contribution in [1.82, 2.24) is 10.1 Å². The Bertz CT molecular complexity index is 777. The number of nitrogens with zero attached hydrogens (tertiary/aromatic N) is 3. The van der Waals surface area contributed by atoms with E-state index in [4.69, 9.17) is 9.26 Å². The number of benzene rings is 1. The molecule has 7 heteroatoms. The molecule has 1 aliphatic rings. The molecule has 2 aromatic rings. The Morgan fingerprint density at radius 1 is 1.22 bits per heavy atom. The molecule has 6 nitrogen and oxygen atoms in total. The van der Waals surface area contributed by atoms with Crippen LogP contribution in [0.2, 0.25) is 0 Å². The summed E-state index contributed by atoms with van der Waals surface area (Å²) >= 11 is 0. The second kappa shape index (κ2) is 7.46. The summed E-state index contributed by atoms with van der Waals surface area (Å²) in [4.78, 5) is 6.49. The van der Waals surface area contributed by atoms with Gasteiger partial charge in [-0.05, 0) is 39.0 Å². The first kappa shape index (κ1) is 19.6. The largest absolute Gasteiger partial charge is 0.374 e. The summed E-state index contributed by atoms with van der Waals surface area (Å²) in [6, 6.07) is 4.98. The first-order valence-corrected chi connectivity index (χ1v) is 9.44. The molecule has 27 heavy (non-hydrogen) atoms. The molecule has 3 rings (SSSR count). The van der Waals surface area contributed by atoms with Crippen LogP contribution in [0.3, 0.4) is 0 Å². The molecule has 0 aliphatic carbocycles. The van der Waals surface area contributed by atoms with Gasteiger partial charge in [0.05, 0.1) is 17.9 Å². The van der Waals surface area contributed by atoms with E-state index in [1.54, 1.807) is 0 Å². The van der Waals surface area contributed by atoms with Gasteiger partial charge in [0, 0.05) is 24.2 Å². The summed E-state index contributed by atoms with van der Waals surface area (Å²) in [6.07, 6.45) is 0.168. The van der Waals surface area contributed by atoms with E-state index < -0.39 is 0 Å². The third kappa shape index (κ3) is 4.58. The first-order valence-electron chi connectivity index (χ1n) is 9.44. The molecule has 1 saturated heterocycles. The van der Waals surface area contributed by atoms with Crippen molar-refractivity contribution >= 4 is 11.4 Å². The van der Waals surface area contributed by atoms with E-state index >= 15 is 0 Å². The molecule has 0 saturated carbocycles. The van der Waals surface area contributed by atoms with Gasteiger partial charge in [-0.1, -0.05) is 25.9 Å². The highest BCUT2D eigenvalue weighted by molar-refractivity contribution is 5.57.